The van der Waals surface area contributed by atoms with Crippen molar-refractivity contribution >= 4 is 0 Å². The molecule has 1 heterocycles. The van der Waals surface area contributed by atoms with E-state index < -0.39 is 0 Å². The average molecular weight is 262 g/mol. The molecule has 1 aromatic carbocycles. The molecule has 2 rings (SSSR count). The lowest BCUT2D eigenvalue weighted by molar-refractivity contribution is 0.0464. The first kappa shape index (κ1) is 14.5. The molecule has 1 aliphatic rings. The number of ether oxygens (including phenoxy) is 1. The highest BCUT2D eigenvalue weighted by Crippen LogP contribution is 2.34. The third-order valence-electron chi connectivity index (χ3n) is 4.18. The summed E-state index contributed by atoms with van der Waals surface area (Å²) < 4.78 is 5.51. The van der Waals surface area contributed by atoms with E-state index in [-0.39, 0.29) is 0 Å². The summed E-state index contributed by atoms with van der Waals surface area (Å²) in [6, 6.07) is 11.5. The van der Waals surface area contributed by atoms with Gasteiger partial charge in [-0.3, -0.25) is 4.90 Å². The summed E-state index contributed by atoms with van der Waals surface area (Å²) in [5.41, 5.74) is 7.64. The van der Waals surface area contributed by atoms with Crippen LogP contribution in [0.1, 0.15) is 31.9 Å². The molecule has 0 amide bonds. The van der Waals surface area contributed by atoms with Crippen LogP contribution in [0, 0.1) is 5.92 Å². The Bertz CT molecular complexity index is 368. The van der Waals surface area contributed by atoms with Crippen LogP contribution in [0.15, 0.2) is 30.3 Å². The van der Waals surface area contributed by atoms with Gasteiger partial charge < -0.3 is 10.5 Å². The largest absolute Gasteiger partial charge is 0.380 e. The number of benzene rings is 1. The maximum Gasteiger partial charge on any atom is 0.0593 e. The second kappa shape index (κ2) is 7.04. The predicted molar refractivity (Wildman–Crippen MR) is 79.0 cm³/mol. The lowest BCUT2D eigenvalue weighted by atomic mass is 9.83. The van der Waals surface area contributed by atoms with E-state index in [0.717, 1.165) is 32.7 Å². The molecule has 3 heteroatoms. The SMILES string of the molecule is CCOCCN1CCC(N)C(C)C1c1ccccc1. The molecule has 106 valence electrons. The van der Waals surface area contributed by atoms with E-state index in [2.05, 4.69) is 42.2 Å². The molecule has 0 saturated carbocycles. The van der Waals surface area contributed by atoms with Crippen LogP contribution in [-0.2, 0) is 4.74 Å². The molecule has 0 spiro atoms. The van der Waals surface area contributed by atoms with Crippen LogP contribution in [0.3, 0.4) is 0 Å². The maximum absolute atomic E-state index is 6.27. The molecule has 0 radical (unpaired) electrons. The van der Waals surface area contributed by atoms with Crippen LogP contribution in [0.4, 0.5) is 0 Å². The van der Waals surface area contributed by atoms with Gasteiger partial charge in [-0.2, -0.15) is 0 Å². The van der Waals surface area contributed by atoms with Gasteiger partial charge in [0.2, 0.25) is 0 Å². The second-order valence-corrected chi connectivity index (χ2v) is 5.40. The van der Waals surface area contributed by atoms with Crippen molar-refractivity contribution in [3.8, 4) is 0 Å². The molecular weight excluding hydrogens is 236 g/mol. The highest BCUT2D eigenvalue weighted by molar-refractivity contribution is 5.21. The molecule has 3 atom stereocenters. The van der Waals surface area contributed by atoms with Crippen molar-refractivity contribution < 1.29 is 4.74 Å². The predicted octanol–water partition coefficient (Wildman–Crippen LogP) is 2.43. The number of nitrogens with two attached hydrogens (primary N) is 1. The van der Waals surface area contributed by atoms with E-state index in [0.29, 0.717) is 18.0 Å². The van der Waals surface area contributed by atoms with Gasteiger partial charge in [-0.25, -0.2) is 0 Å². The standard InChI is InChI=1S/C16H26N2O/c1-3-19-12-11-18-10-9-15(17)13(2)16(18)14-7-5-4-6-8-14/h4-8,13,15-16H,3,9-12,17H2,1-2H3. The summed E-state index contributed by atoms with van der Waals surface area (Å²) in [6.07, 6.45) is 1.08. The Morgan fingerprint density at radius 1 is 1.32 bits per heavy atom. The first-order chi connectivity index (χ1) is 9.24. The molecule has 1 aliphatic heterocycles. The number of nitrogens with zero attached hydrogens (tertiary/aromatic N) is 1. The van der Waals surface area contributed by atoms with E-state index in [1.54, 1.807) is 0 Å². The van der Waals surface area contributed by atoms with Crippen LogP contribution >= 0.6 is 0 Å². The minimum atomic E-state index is 0.300. The van der Waals surface area contributed by atoms with E-state index >= 15 is 0 Å². The van der Waals surface area contributed by atoms with Crippen molar-refractivity contribution in [2.45, 2.75) is 32.4 Å². The minimum Gasteiger partial charge on any atom is -0.380 e. The van der Waals surface area contributed by atoms with Crippen LogP contribution in [0.5, 0.6) is 0 Å². The van der Waals surface area contributed by atoms with Gasteiger partial charge in [-0.05, 0) is 24.8 Å². The smallest absolute Gasteiger partial charge is 0.0593 e. The van der Waals surface area contributed by atoms with Crippen LogP contribution in [0.2, 0.25) is 0 Å². The Balaban J connectivity index is 2.11. The summed E-state index contributed by atoms with van der Waals surface area (Å²) >= 11 is 0. The average Bonchev–Trinajstić information content (AvgIpc) is 2.44. The third-order valence-corrected chi connectivity index (χ3v) is 4.18. The van der Waals surface area contributed by atoms with Gasteiger partial charge in [0.1, 0.15) is 0 Å². The van der Waals surface area contributed by atoms with E-state index in [4.69, 9.17) is 10.5 Å². The molecule has 1 saturated heterocycles. The zero-order chi connectivity index (χ0) is 13.7. The summed E-state index contributed by atoms with van der Waals surface area (Å²) in [4.78, 5) is 2.53. The third kappa shape index (κ3) is 3.56. The Hall–Kier alpha value is -0.900. The molecule has 0 bridgehead atoms. The van der Waals surface area contributed by atoms with Crippen molar-refractivity contribution in [2.24, 2.45) is 11.7 Å². The van der Waals surface area contributed by atoms with Gasteiger partial charge in [0.15, 0.2) is 0 Å². The summed E-state index contributed by atoms with van der Waals surface area (Å²) in [5.74, 6) is 0.484. The summed E-state index contributed by atoms with van der Waals surface area (Å²) in [7, 11) is 0. The molecule has 19 heavy (non-hydrogen) atoms. The van der Waals surface area contributed by atoms with Crippen LogP contribution in [-0.4, -0.2) is 37.2 Å². The second-order valence-electron chi connectivity index (χ2n) is 5.40. The van der Waals surface area contributed by atoms with Gasteiger partial charge in [0, 0.05) is 31.8 Å². The fourth-order valence-corrected chi connectivity index (χ4v) is 3.03. The van der Waals surface area contributed by atoms with Crippen molar-refractivity contribution in [1.29, 1.82) is 0 Å². The highest BCUT2D eigenvalue weighted by Gasteiger charge is 2.33. The summed E-state index contributed by atoms with van der Waals surface area (Å²) in [6.45, 7) is 7.97. The van der Waals surface area contributed by atoms with E-state index in [1.165, 1.54) is 5.56 Å². The minimum absolute atomic E-state index is 0.300. The molecule has 0 aromatic heterocycles. The Morgan fingerprint density at radius 2 is 2.05 bits per heavy atom. The summed E-state index contributed by atoms with van der Waals surface area (Å²) in [5, 5.41) is 0. The van der Waals surface area contributed by atoms with E-state index in [1.807, 2.05) is 6.92 Å². The maximum atomic E-state index is 6.27. The van der Waals surface area contributed by atoms with Gasteiger partial charge in [0.25, 0.3) is 0 Å². The number of rotatable bonds is 5. The molecule has 1 aromatic rings. The monoisotopic (exact) mass is 262 g/mol. The fourth-order valence-electron chi connectivity index (χ4n) is 3.03. The van der Waals surface area contributed by atoms with Crippen molar-refractivity contribution in [3.05, 3.63) is 35.9 Å². The van der Waals surface area contributed by atoms with Gasteiger partial charge >= 0.3 is 0 Å². The zero-order valence-electron chi connectivity index (χ0n) is 12.1. The first-order valence-corrected chi connectivity index (χ1v) is 7.36. The van der Waals surface area contributed by atoms with Crippen LogP contribution in [0.25, 0.3) is 0 Å². The Labute approximate surface area is 116 Å². The molecule has 3 unspecified atom stereocenters. The first-order valence-electron chi connectivity index (χ1n) is 7.36. The van der Waals surface area contributed by atoms with Gasteiger partial charge in [0.05, 0.1) is 6.61 Å². The lowest BCUT2D eigenvalue weighted by Gasteiger charge is -2.43. The fraction of sp³-hybridized carbons (Fsp3) is 0.625. The number of likely N-dealkylation sites (tertiary alicyclic amines) is 1. The molecular formula is C16H26N2O. The molecule has 2 N–H and O–H groups in total. The van der Waals surface area contributed by atoms with Crippen molar-refractivity contribution in [1.82, 2.24) is 4.90 Å². The zero-order valence-corrected chi connectivity index (χ0v) is 12.1. The number of hydrogen-bond acceptors (Lipinski definition) is 3. The lowest BCUT2D eigenvalue weighted by Crippen LogP contribution is -2.48. The normalized spacial score (nSPS) is 28.5. The molecule has 0 aliphatic carbocycles. The number of piperidine rings is 1. The van der Waals surface area contributed by atoms with Gasteiger partial charge in [-0.15, -0.1) is 0 Å². The van der Waals surface area contributed by atoms with E-state index in [9.17, 15) is 0 Å². The Kier molecular flexibility index (Phi) is 5.37. The van der Waals surface area contributed by atoms with Gasteiger partial charge in [-0.1, -0.05) is 37.3 Å². The molecule has 3 nitrogen and oxygen atoms in total. The topological polar surface area (TPSA) is 38.5 Å². The Morgan fingerprint density at radius 3 is 2.74 bits per heavy atom. The number of hydrogen-bond donors (Lipinski definition) is 1. The van der Waals surface area contributed by atoms with Crippen LogP contribution < -0.4 is 5.73 Å². The highest BCUT2D eigenvalue weighted by atomic mass is 16.5. The van der Waals surface area contributed by atoms with Crippen molar-refractivity contribution in [2.75, 3.05) is 26.3 Å². The van der Waals surface area contributed by atoms with Crippen molar-refractivity contribution in [3.63, 3.8) is 0 Å². The quantitative estimate of drug-likeness (QED) is 0.828. The molecule has 1 fully saturated rings.